The predicted molar refractivity (Wildman–Crippen MR) is 75.2 cm³/mol. The van der Waals surface area contributed by atoms with Crippen molar-refractivity contribution in [3.05, 3.63) is 0 Å². The molecule has 3 heterocycles. The second-order valence-corrected chi connectivity index (χ2v) is 7.09. The van der Waals surface area contributed by atoms with Crippen molar-refractivity contribution in [2.75, 3.05) is 13.7 Å². The summed E-state index contributed by atoms with van der Waals surface area (Å²) in [5, 5.41) is 39.0. The Kier molecular flexibility index (Phi) is 4.98. The maximum Gasteiger partial charge on any atom is 0.186 e. The van der Waals surface area contributed by atoms with Gasteiger partial charge in [-0.05, 0) is 6.92 Å². The molecule has 3 aliphatic heterocycles. The molecule has 10 atom stereocenters. The lowest BCUT2D eigenvalue weighted by molar-refractivity contribution is -0.251. The molecule has 0 bridgehead atoms. The van der Waals surface area contributed by atoms with E-state index in [9.17, 15) is 20.4 Å². The number of aliphatic hydroxyl groups excluding tert-OH is 4. The highest BCUT2D eigenvalue weighted by Crippen LogP contribution is 2.45. The smallest absolute Gasteiger partial charge is 0.186 e. The number of fused-ring (bicyclic) bond motifs is 1. The minimum atomic E-state index is -1.16. The van der Waals surface area contributed by atoms with Crippen molar-refractivity contribution in [3.8, 4) is 0 Å². The molecule has 22 heavy (non-hydrogen) atoms. The van der Waals surface area contributed by atoms with E-state index in [1.807, 2.05) is 0 Å². The summed E-state index contributed by atoms with van der Waals surface area (Å²) in [6.07, 6.45) is -5.62. The number of methoxy groups -OCH3 is 1. The van der Waals surface area contributed by atoms with Crippen LogP contribution in [0.4, 0.5) is 0 Å². The molecule has 0 aromatic heterocycles. The lowest BCUT2D eigenvalue weighted by atomic mass is 10.0. The van der Waals surface area contributed by atoms with E-state index < -0.39 is 41.4 Å². The van der Waals surface area contributed by atoms with Gasteiger partial charge in [0.2, 0.25) is 0 Å². The molecule has 0 aromatic rings. The molecular formula is C13H22O8S. The third-order valence-corrected chi connectivity index (χ3v) is 5.96. The normalized spacial score (nSPS) is 54.8. The third kappa shape index (κ3) is 2.90. The molecule has 0 spiro atoms. The van der Waals surface area contributed by atoms with Crippen molar-refractivity contribution >= 4 is 11.8 Å². The van der Waals surface area contributed by atoms with Crippen molar-refractivity contribution in [2.24, 2.45) is 0 Å². The van der Waals surface area contributed by atoms with Crippen LogP contribution >= 0.6 is 11.8 Å². The van der Waals surface area contributed by atoms with Crippen LogP contribution in [-0.2, 0) is 18.9 Å². The van der Waals surface area contributed by atoms with Gasteiger partial charge in [-0.2, -0.15) is 0 Å². The van der Waals surface area contributed by atoms with Crippen molar-refractivity contribution < 1.29 is 39.4 Å². The summed E-state index contributed by atoms with van der Waals surface area (Å²) >= 11 is 1.28. The van der Waals surface area contributed by atoms with Crippen LogP contribution in [-0.4, -0.2) is 93.8 Å². The van der Waals surface area contributed by atoms with E-state index in [2.05, 4.69) is 0 Å². The lowest BCUT2D eigenvalue weighted by Crippen LogP contribution is -2.57. The second kappa shape index (κ2) is 6.50. The first-order valence-electron chi connectivity index (χ1n) is 7.27. The van der Waals surface area contributed by atoms with Crippen LogP contribution in [0.2, 0.25) is 0 Å². The van der Waals surface area contributed by atoms with E-state index in [-0.39, 0.29) is 24.9 Å². The Morgan fingerprint density at radius 1 is 1.00 bits per heavy atom. The third-order valence-electron chi connectivity index (χ3n) is 4.34. The topological polar surface area (TPSA) is 121 Å². The fourth-order valence-electron chi connectivity index (χ4n) is 2.98. The van der Waals surface area contributed by atoms with Crippen LogP contribution in [0.5, 0.6) is 0 Å². The quantitative estimate of drug-likeness (QED) is 0.433. The van der Waals surface area contributed by atoms with Crippen molar-refractivity contribution in [3.63, 3.8) is 0 Å². The molecule has 0 saturated carbocycles. The van der Waals surface area contributed by atoms with Gasteiger partial charge in [-0.15, -0.1) is 11.8 Å². The van der Waals surface area contributed by atoms with Gasteiger partial charge in [0.25, 0.3) is 0 Å². The Balaban J connectivity index is 1.65. The van der Waals surface area contributed by atoms with Crippen molar-refractivity contribution in [1.29, 1.82) is 0 Å². The van der Waals surface area contributed by atoms with E-state index in [1.165, 1.54) is 18.9 Å². The number of aliphatic hydroxyl groups is 4. The van der Waals surface area contributed by atoms with E-state index in [0.717, 1.165) is 0 Å². The summed E-state index contributed by atoms with van der Waals surface area (Å²) in [6, 6.07) is 0. The fraction of sp³-hybridized carbons (Fsp3) is 1.00. The highest BCUT2D eigenvalue weighted by Gasteiger charge is 2.58. The van der Waals surface area contributed by atoms with Gasteiger partial charge in [0.05, 0.1) is 24.1 Å². The zero-order valence-electron chi connectivity index (χ0n) is 12.3. The summed E-state index contributed by atoms with van der Waals surface area (Å²) in [5.74, 6) is 0. The molecular weight excluding hydrogens is 316 g/mol. The van der Waals surface area contributed by atoms with E-state index in [4.69, 9.17) is 18.9 Å². The van der Waals surface area contributed by atoms with E-state index >= 15 is 0 Å². The Bertz CT molecular complexity index is 398. The minimum absolute atomic E-state index is 0.278. The van der Waals surface area contributed by atoms with Gasteiger partial charge >= 0.3 is 0 Å². The number of hydrogen-bond acceptors (Lipinski definition) is 9. The zero-order valence-corrected chi connectivity index (χ0v) is 13.1. The van der Waals surface area contributed by atoms with Crippen molar-refractivity contribution in [2.45, 2.75) is 66.6 Å². The van der Waals surface area contributed by atoms with Crippen LogP contribution in [0, 0.1) is 0 Å². The van der Waals surface area contributed by atoms with Gasteiger partial charge in [-0.25, -0.2) is 0 Å². The van der Waals surface area contributed by atoms with Gasteiger partial charge < -0.3 is 39.4 Å². The number of epoxide rings is 1. The molecule has 0 unspecified atom stereocenters. The Morgan fingerprint density at radius 2 is 1.73 bits per heavy atom. The molecule has 4 N–H and O–H groups in total. The van der Waals surface area contributed by atoms with Crippen LogP contribution in [0.3, 0.4) is 0 Å². The molecule has 3 rings (SSSR count). The molecule has 8 nitrogen and oxygen atoms in total. The average Bonchev–Trinajstić information content (AvgIpc) is 3.30. The number of hydrogen-bond donors (Lipinski definition) is 4. The van der Waals surface area contributed by atoms with Gasteiger partial charge in [0, 0.05) is 7.11 Å². The predicted octanol–water partition coefficient (Wildman–Crippen LogP) is -1.95. The number of ether oxygens (including phenoxy) is 4. The van der Waals surface area contributed by atoms with E-state index in [0.29, 0.717) is 0 Å². The standard InChI is InChI=1S/C13H22O8S/c1-4-11(7(16)8(17)12(18-2)19-4)22-13-10-9(21-10)6(15)5(3-14)20-13/h4-17H,3H2,1-2H3/t4-,5-,6-,7-,8-,9+,10+,11-,12+,13+/m1/s1. The maximum absolute atomic E-state index is 10.3. The zero-order chi connectivity index (χ0) is 16.0. The number of rotatable bonds is 4. The van der Waals surface area contributed by atoms with Gasteiger partial charge in [-0.1, -0.05) is 0 Å². The summed E-state index contributed by atoms with van der Waals surface area (Å²) in [7, 11) is 1.40. The molecule has 3 saturated heterocycles. The lowest BCUT2D eigenvalue weighted by Gasteiger charge is -2.42. The van der Waals surface area contributed by atoms with Crippen molar-refractivity contribution in [1.82, 2.24) is 0 Å². The SMILES string of the molecule is CO[C@H]1O[C@H](C)[C@@H](S[C@@H]2O[C@H](CO)[C@@H](O)[C@@H]3O[C@@H]32)[C@H](O)[C@H]1O. The molecule has 0 amide bonds. The van der Waals surface area contributed by atoms with Crippen LogP contribution in [0.25, 0.3) is 0 Å². The minimum Gasteiger partial charge on any atom is -0.394 e. The highest BCUT2D eigenvalue weighted by molar-refractivity contribution is 8.00. The molecule has 0 aromatic carbocycles. The monoisotopic (exact) mass is 338 g/mol. The Morgan fingerprint density at radius 3 is 2.36 bits per heavy atom. The first-order chi connectivity index (χ1) is 10.5. The summed E-state index contributed by atoms with van der Waals surface area (Å²) < 4.78 is 21.6. The van der Waals surface area contributed by atoms with Gasteiger partial charge in [0.1, 0.15) is 36.0 Å². The molecule has 128 valence electrons. The molecule has 0 aliphatic carbocycles. The van der Waals surface area contributed by atoms with Gasteiger partial charge in [0.15, 0.2) is 6.29 Å². The Labute approximate surface area is 132 Å². The summed E-state index contributed by atoms with van der Waals surface area (Å²) in [4.78, 5) is 0. The molecule has 0 radical (unpaired) electrons. The number of thioether (sulfide) groups is 1. The second-order valence-electron chi connectivity index (χ2n) is 5.81. The van der Waals surface area contributed by atoms with Crippen LogP contribution in [0.15, 0.2) is 0 Å². The van der Waals surface area contributed by atoms with Crippen LogP contribution < -0.4 is 0 Å². The summed E-state index contributed by atoms with van der Waals surface area (Å²) in [6.45, 7) is 1.48. The largest absolute Gasteiger partial charge is 0.394 e. The molecule has 9 heteroatoms. The highest BCUT2D eigenvalue weighted by atomic mass is 32.2. The fourth-order valence-corrected chi connectivity index (χ4v) is 4.47. The average molecular weight is 338 g/mol. The van der Waals surface area contributed by atoms with Gasteiger partial charge in [-0.3, -0.25) is 0 Å². The van der Waals surface area contributed by atoms with E-state index in [1.54, 1.807) is 6.92 Å². The first kappa shape index (κ1) is 16.9. The van der Waals surface area contributed by atoms with Crippen LogP contribution in [0.1, 0.15) is 6.92 Å². The molecule has 3 fully saturated rings. The maximum atomic E-state index is 10.3. The summed E-state index contributed by atoms with van der Waals surface area (Å²) in [5.41, 5.74) is -0.442. The first-order valence-corrected chi connectivity index (χ1v) is 8.22. The Hall–Kier alpha value is 0.0300. The molecule has 3 aliphatic rings.